The van der Waals surface area contributed by atoms with E-state index in [1.54, 1.807) is 0 Å². The Balaban J connectivity index is 1.97. The van der Waals surface area contributed by atoms with Crippen LogP contribution in [0.3, 0.4) is 0 Å². The Morgan fingerprint density at radius 1 is 1.24 bits per heavy atom. The maximum atomic E-state index is 10.4. The van der Waals surface area contributed by atoms with Crippen molar-refractivity contribution in [2.24, 2.45) is 11.7 Å². The van der Waals surface area contributed by atoms with Gasteiger partial charge in [0.05, 0.1) is 0 Å². The Morgan fingerprint density at radius 2 is 2.00 bits per heavy atom. The molecule has 1 saturated heterocycles. The molecule has 0 amide bonds. The number of phenolic OH excluding ortho intramolecular Hbond substituents is 1. The zero-order valence-corrected chi connectivity index (χ0v) is 13.5. The van der Waals surface area contributed by atoms with Gasteiger partial charge in [0, 0.05) is 24.2 Å². The summed E-state index contributed by atoms with van der Waals surface area (Å²) in [5, 5.41) is 10.4. The quantitative estimate of drug-likeness (QED) is 0.878. The van der Waals surface area contributed by atoms with Crippen molar-refractivity contribution in [1.82, 2.24) is 4.90 Å². The number of piperidine rings is 1. The molecule has 1 aliphatic carbocycles. The maximum absolute atomic E-state index is 10.4. The molecular weight excluding hydrogens is 260 g/mol. The van der Waals surface area contributed by atoms with Crippen LogP contribution < -0.4 is 5.73 Å². The van der Waals surface area contributed by atoms with Gasteiger partial charge in [0.15, 0.2) is 0 Å². The van der Waals surface area contributed by atoms with Crippen molar-refractivity contribution in [3.05, 3.63) is 28.8 Å². The first-order chi connectivity index (χ1) is 10.0. The van der Waals surface area contributed by atoms with Crippen molar-refractivity contribution in [3.63, 3.8) is 0 Å². The minimum Gasteiger partial charge on any atom is -0.508 e. The standard InChI is InChI=1S/C18H28N2O/c1-11-6-7-20(14(8-11)10-19)15-9-13(3)17-12(2)4-5-16(21)18(15)17/h4-5,11,13-15,21H,6-10,19H2,1-3H3. The molecule has 1 aromatic rings. The highest BCUT2D eigenvalue weighted by Gasteiger charge is 2.39. The van der Waals surface area contributed by atoms with Crippen LogP contribution in [0.1, 0.15) is 61.8 Å². The minimum atomic E-state index is 0.343. The summed E-state index contributed by atoms with van der Waals surface area (Å²) >= 11 is 0. The van der Waals surface area contributed by atoms with Gasteiger partial charge < -0.3 is 10.8 Å². The maximum Gasteiger partial charge on any atom is 0.120 e. The van der Waals surface area contributed by atoms with Gasteiger partial charge in [-0.15, -0.1) is 0 Å². The van der Waals surface area contributed by atoms with Crippen molar-refractivity contribution >= 4 is 0 Å². The molecule has 3 nitrogen and oxygen atoms in total. The highest BCUT2D eigenvalue weighted by Crippen LogP contribution is 2.50. The largest absolute Gasteiger partial charge is 0.508 e. The summed E-state index contributed by atoms with van der Waals surface area (Å²) in [5.41, 5.74) is 9.90. The van der Waals surface area contributed by atoms with E-state index in [0.717, 1.165) is 25.4 Å². The van der Waals surface area contributed by atoms with Crippen molar-refractivity contribution in [2.75, 3.05) is 13.1 Å². The van der Waals surface area contributed by atoms with Gasteiger partial charge >= 0.3 is 0 Å². The van der Waals surface area contributed by atoms with Crippen molar-refractivity contribution in [3.8, 4) is 5.75 Å². The van der Waals surface area contributed by atoms with Gasteiger partial charge in [0.2, 0.25) is 0 Å². The lowest BCUT2D eigenvalue weighted by molar-refractivity contribution is 0.0731. The van der Waals surface area contributed by atoms with Gasteiger partial charge in [-0.1, -0.05) is 19.9 Å². The Bertz CT molecular complexity index is 528. The molecule has 0 radical (unpaired) electrons. The van der Waals surface area contributed by atoms with Crippen molar-refractivity contribution < 1.29 is 5.11 Å². The number of hydrogen-bond acceptors (Lipinski definition) is 3. The molecule has 1 fully saturated rings. The van der Waals surface area contributed by atoms with Crippen molar-refractivity contribution in [1.29, 1.82) is 0 Å². The van der Waals surface area contributed by atoms with E-state index in [2.05, 4.69) is 25.7 Å². The Labute approximate surface area is 128 Å². The van der Waals surface area contributed by atoms with Crippen LogP contribution in [-0.2, 0) is 0 Å². The second kappa shape index (κ2) is 5.62. The van der Waals surface area contributed by atoms with E-state index in [9.17, 15) is 5.11 Å². The zero-order valence-electron chi connectivity index (χ0n) is 13.5. The summed E-state index contributed by atoms with van der Waals surface area (Å²) < 4.78 is 0. The summed E-state index contributed by atoms with van der Waals surface area (Å²) in [6, 6.07) is 4.71. The van der Waals surface area contributed by atoms with E-state index in [1.807, 2.05) is 12.1 Å². The number of fused-ring (bicyclic) bond motifs is 1. The van der Waals surface area contributed by atoms with Crippen LogP contribution in [0.2, 0.25) is 0 Å². The molecule has 1 aliphatic heterocycles. The predicted octanol–water partition coefficient (Wildman–Crippen LogP) is 3.31. The van der Waals surface area contributed by atoms with Crippen LogP contribution in [0.4, 0.5) is 0 Å². The lowest BCUT2D eigenvalue weighted by atomic mass is 9.89. The molecule has 3 N–H and O–H groups in total. The summed E-state index contributed by atoms with van der Waals surface area (Å²) in [6.07, 6.45) is 3.53. The average Bonchev–Trinajstić information content (AvgIpc) is 2.81. The molecule has 0 aromatic heterocycles. The van der Waals surface area contributed by atoms with Gasteiger partial charge in [-0.05, 0) is 61.8 Å². The molecule has 0 bridgehead atoms. The van der Waals surface area contributed by atoms with E-state index < -0.39 is 0 Å². The van der Waals surface area contributed by atoms with E-state index in [0.29, 0.717) is 23.8 Å². The van der Waals surface area contributed by atoms with Crippen molar-refractivity contribution in [2.45, 2.75) is 58.0 Å². The van der Waals surface area contributed by atoms with E-state index in [1.165, 1.54) is 29.5 Å². The van der Waals surface area contributed by atoms with Crippen LogP contribution in [0, 0.1) is 12.8 Å². The Morgan fingerprint density at radius 3 is 2.71 bits per heavy atom. The number of likely N-dealkylation sites (tertiary alicyclic amines) is 1. The molecule has 1 aromatic carbocycles. The number of nitrogens with zero attached hydrogens (tertiary/aromatic N) is 1. The molecule has 4 unspecified atom stereocenters. The van der Waals surface area contributed by atoms with Gasteiger partial charge in [0.1, 0.15) is 5.75 Å². The van der Waals surface area contributed by atoms with E-state index in [4.69, 9.17) is 5.73 Å². The molecular formula is C18H28N2O. The molecule has 4 atom stereocenters. The lowest BCUT2D eigenvalue weighted by Gasteiger charge is -2.42. The van der Waals surface area contributed by atoms with Gasteiger partial charge in [-0.2, -0.15) is 0 Å². The average molecular weight is 288 g/mol. The van der Waals surface area contributed by atoms with Crippen LogP contribution in [0.25, 0.3) is 0 Å². The third-order valence-corrected chi connectivity index (χ3v) is 5.58. The second-order valence-corrected chi connectivity index (χ2v) is 7.14. The number of aryl methyl sites for hydroxylation is 1. The van der Waals surface area contributed by atoms with E-state index >= 15 is 0 Å². The minimum absolute atomic E-state index is 0.343. The molecule has 3 rings (SSSR count). The third-order valence-electron chi connectivity index (χ3n) is 5.58. The molecule has 3 heteroatoms. The highest BCUT2D eigenvalue weighted by molar-refractivity contribution is 5.51. The number of benzene rings is 1. The number of rotatable bonds is 2. The molecule has 116 valence electrons. The smallest absolute Gasteiger partial charge is 0.120 e. The van der Waals surface area contributed by atoms with Crippen LogP contribution in [0.15, 0.2) is 12.1 Å². The SMILES string of the molecule is Cc1ccc(O)c2c1C(C)CC2N1CCC(C)CC1CN. The fraction of sp³-hybridized carbons (Fsp3) is 0.667. The summed E-state index contributed by atoms with van der Waals surface area (Å²) in [5.74, 6) is 1.76. The summed E-state index contributed by atoms with van der Waals surface area (Å²) in [4.78, 5) is 2.57. The zero-order chi connectivity index (χ0) is 15.1. The van der Waals surface area contributed by atoms with Gasteiger partial charge in [-0.25, -0.2) is 0 Å². The fourth-order valence-electron chi connectivity index (χ4n) is 4.52. The first kappa shape index (κ1) is 14.9. The number of aromatic hydroxyl groups is 1. The monoisotopic (exact) mass is 288 g/mol. The normalized spacial score (nSPS) is 33.1. The number of hydrogen-bond donors (Lipinski definition) is 2. The summed E-state index contributed by atoms with van der Waals surface area (Å²) in [6.45, 7) is 8.60. The first-order valence-corrected chi connectivity index (χ1v) is 8.31. The summed E-state index contributed by atoms with van der Waals surface area (Å²) in [7, 11) is 0. The number of phenols is 1. The van der Waals surface area contributed by atoms with Crippen LogP contribution in [0.5, 0.6) is 5.75 Å². The van der Waals surface area contributed by atoms with Crippen LogP contribution >= 0.6 is 0 Å². The Hall–Kier alpha value is -1.06. The van der Waals surface area contributed by atoms with E-state index in [-0.39, 0.29) is 0 Å². The second-order valence-electron chi connectivity index (χ2n) is 7.14. The number of nitrogens with two attached hydrogens (primary N) is 1. The topological polar surface area (TPSA) is 49.5 Å². The molecule has 0 spiro atoms. The molecule has 0 saturated carbocycles. The van der Waals surface area contributed by atoms with Crippen LogP contribution in [-0.4, -0.2) is 29.1 Å². The Kier molecular flexibility index (Phi) is 3.98. The fourth-order valence-corrected chi connectivity index (χ4v) is 4.52. The third kappa shape index (κ3) is 2.47. The predicted molar refractivity (Wildman–Crippen MR) is 86.6 cm³/mol. The lowest BCUT2D eigenvalue weighted by Crippen LogP contribution is -2.47. The molecule has 1 heterocycles. The molecule has 21 heavy (non-hydrogen) atoms. The molecule has 2 aliphatic rings. The highest BCUT2D eigenvalue weighted by atomic mass is 16.3. The van der Waals surface area contributed by atoms with Gasteiger partial charge in [0.25, 0.3) is 0 Å². The first-order valence-electron chi connectivity index (χ1n) is 8.31. The van der Waals surface area contributed by atoms with Gasteiger partial charge in [-0.3, -0.25) is 4.90 Å².